The van der Waals surface area contributed by atoms with E-state index in [0.29, 0.717) is 32.3 Å². The van der Waals surface area contributed by atoms with Crippen molar-refractivity contribution in [2.45, 2.75) is 58.2 Å². The molecule has 2 aliphatic rings. The van der Waals surface area contributed by atoms with Gasteiger partial charge in [0, 0.05) is 19.1 Å². The average molecular weight is 355 g/mol. The number of carbonyl (C=O) groups excluding carboxylic acids is 2. The predicted molar refractivity (Wildman–Crippen MR) is 95.5 cm³/mol. The van der Waals surface area contributed by atoms with Gasteiger partial charge >= 0.3 is 12.1 Å². The van der Waals surface area contributed by atoms with Crippen LogP contribution in [0.15, 0.2) is 0 Å². The minimum atomic E-state index is -0.540. The van der Waals surface area contributed by atoms with Crippen molar-refractivity contribution in [2.75, 3.05) is 46.4 Å². The van der Waals surface area contributed by atoms with Crippen molar-refractivity contribution in [2.24, 2.45) is 0 Å². The first-order valence-corrected chi connectivity index (χ1v) is 9.30. The Hall–Kier alpha value is -1.34. The van der Waals surface area contributed by atoms with Crippen molar-refractivity contribution < 1.29 is 19.1 Å². The van der Waals surface area contributed by atoms with Crippen molar-refractivity contribution in [3.63, 3.8) is 0 Å². The molecule has 0 aliphatic carbocycles. The van der Waals surface area contributed by atoms with E-state index >= 15 is 0 Å². The van der Waals surface area contributed by atoms with Crippen molar-refractivity contribution in [1.29, 1.82) is 0 Å². The molecule has 1 unspecified atom stereocenters. The van der Waals surface area contributed by atoms with Gasteiger partial charge in [0.25, 0.3) is 0 Å². The summed E-state index contributed by atoms with van der Waals surface area (Å²) in [5.41, 5.74) is -0.540. The summed E-state index contributed by atoms with van der Waals surface area (Å²) >= 11 is 0. The second kappa shape index (κ2) is 8.36. The molecule has 0 aromatic rings. The number of likely N-dealkylation sites (tertiary alicyclic amines) is 1. The molecular formula is C18H33N3O4. The Labute approximate surface area is 151 Å². The van der Waals surface area contributed by atoms with Crippen LogP contribution in [-0.4, -0.2) is 90.8 Å². The van der Waals surface area contributed by atoms with Crippen molar-refractivity contribution in [3.8, 4) is 0 Å². The molecule has 0 spiro atoms. The molecule has 0 bridgehead atoms. The van der Waals surface area contributed by atoms with Crippen LogP contribution in [0.1, 0.15) is 40.5 Å². The van der Waals surface area contributed by atoms with E-state index in [0.717, 1.165) is 25.9 Å². The maximum atomic E-state index is 12.5. The number of hydrogen-bond acceptors (Lipinski definition) is 6. The summed E-state index contributed by atoms with van der Waals surface area (Å²) in [5, 5.41) is 0. The van der Waals surface area contributed by atoms with Crippen molar-refractivity contribution in [3.05, 3.63) is 0 Å². The van der Waals surface area contributed by atoms with Gasteiger partial charge in [0.05, 0.1) is 13.2 Å². The highest BCUT2D eigenvalue weighted by atomic mass is 16.6. The molecule has 2 aliphatic heterocycles. The summed E-state index contributed by atoms with van der Waals surface area (Å²) in [6, 6.07) is -0.0407. The summed E-state index contributed by atoms with van der Waals surface area (Å²) in [6.45, 7) is 11.4. The largest absolute Gasteiger partial charge is 0.465 e. The summed E-state index contributed by atoms with van der Waals surface area (Å²) in [7, 11) is 2.12. The molecule has 1 atom stereocenters. The molecule has 0 saturated carbocycles. The standard InChI is InChI=1S/C18H33N3O4/c1-6-24-16(22)15-13-20(17(23)25-18(2,3)4)11-12-21(15)14-7-9-19(5)10-8-14/h14-15H,6-13H2,1-5H3. The van der Waals surface area contributed by atoms with Gasteiger partial charge in [-0.25, -0.2) is 4.79 Å². The fourth-order valence-electron chi connectivity index (χ4n) is 3.50. The lowest BCUT2D eigenvalue weighted by molar-refractivity contribution is -0.153. The zero-order valence-corrected chi connectivity index (χ0v) is 16.3. The summed E-state index contributed by atoms with van der Waals surface area (Å²) in [6.07, 6.45) is 1.72. The third-order valence-corrected chi connectivity index (χ3v) is 4.79. The number of amides is 1. The predicted octanol–water partition coefficient (Wildman–Crippen LogP) is 1.57. The highest BCUT2D eigenvalue weighted by molar-refractivity contribution is 5.78. The van der Waals surface area contributed by atoms with Crippen LogP contribution in [0.4, 0.5) is 4.79 Å². The average Bonchev–Trinajstić information content (AvgIpc) is 2.54. The van der Waals surface area contributed by atoms with Gasteiger partial charge in [-0.05, 0) is 60.7 Å². The van der Waals surface area contributed by atoms with Crippen molar-refractivity contribution >= 4 is 12.1 Å². The van der Waals surface area contributed by atoms with E-state index in [-0.39, 0.29) is 12.1 Å². The minimum Gasteiger partial charge on any atom is -0.465 e. The van der Waals surface area contributed by atoms with Gasteiger partial charge < -0.3 is 19.3 Å². The molecule has 2 fully saturated rings. The molecule has 2 rings (SSSR count). The maximum absolute atomic E-state index is 12.5. The first-order valence-electron chi connectivity index (χ1n) is 9.30. The molecule has 0 radical (unpaired) electrons. The van der Waals surface area contributed by atoms with Crippen LogP contribution < -0.4 is 0 Å². The lowest BCUT2D eigenvalue weighted by Gasteiger charge is -2.45. The van der Waals surface area contributed by atoms with Crippen LogP contribution in [0.5, 0.6) is 0 Å². The number of piperazine rings is 1. The first-order chi connectivity index (χ1) is 11.7. The monoisotopic (exact) mass is 355 g/mol. The summed E-state index contributed by atoms with van der Waals surface area (Å²) in [4.78, 5) is 31.1. The van der Waals surface area contributed by atoms with Crippen LogP contribution in [0.25, 0.3) is 0 Å². The van der Waals surface area contributed by atoms with E-state index < -0.39 is 11.6 Å². The first kappa shape index (κ1) is 20.0. The Morgan fingerprint density at radius 1 is 1.08 bits per heavy atom. The van der Waals surface area contributed by atoms with Crippen LogP contribution in [0.2, 0.25) is 0 Å². The summed E-state index contributed by atoms with van der Waals surface area (Å²) in [5.74, 6) is -0.241. The van der Waals surface area contributed by atoms with E-state index in [1.54, 1.807) is 4.90 Å². The molecule has 0 N–H and O–H groups in total. The molecule has 2 saturated heterocycles. The fourth-order valence-corrected chi connectivity index (χ4v) is 3.50. The van der Waals surface area contributed by atoms with E-state index in [2.05, 4.69) is 16.8 Å². The van der Waals surface area contributed by atoms with Gasteiger partial charge in [0.1, 0.15) is 11.6 Å². The van der Waals surface area contributed by atoms with E-state index in [1.807, 2.05) is 27.7 Å². The molecule has 7 heteroatoms. The fraction of sp³-hybridized carbons (Fsp3) is 0.889. The van der Waals surface area contributed by atoms with Crippen LogP contribution >= 0.6 is 0 Å². The second-order valence-corrected chi connectivity index (χ2v) is 7.97. The van der Waals surface area contributed by atoms with Gasteiger partial charge in [0.2, 0.25) is 0 Å². The van der Waals surface area contributed by atoms with Gasteiger partial charge in [-0.3, -0.25) is 9.69 Å². The zero-order chi connectivity index (χ0) is 18.6. The Bertz CT molecular complexity index is 469. The van der Waals surface area contributed by atoms with E-state index in [4.69, 9.17) is 9.47 Å². The minimum absolute atomic E-state index is 0.241. The van der Waals surface area contributed by atoms with Crippen LogP contribution in [0, 0.1) is 0 Å². The third-order valence-electron chi connectivity index (χ3n) is 4.79. The molecule has 0 aromatic carbocycles. The molecule has 7 nitrogen and oxygen atoms in total. The molecule has 0 aromatic heterocycles. The number of nitrogens with zero attached hydrogens (tertiary/aromatic N) is 3. The highest BCUT2D eigenvalue weighted by Gasteiger charge is 2.40. The Balaban J connectivity index is 2.06. The van der Waals surface area contributed by atoms with Crippen molar-refractivity contribution in [1.82, 2.24) is 14.7 Å². The Morgan fingerprint density at radius 2 is 1.72 bits per heavy atom. The lowest BCUT2D eigenvalue weighted by atomic mass is 9.99. The highest BCUT2D eigenvalue weighted by Crippen LogP contribution is 2.23. The van der Waals surface area contributed by atoms with E-state index in [1.165, 1.54) is 0 Å². The molecular weight excluding hydrogens is 322 g/mol. The normalized spacial score (nSPS) is 24.2. The van der Waals surface area contributed by atoms with Gasteiger partial charge in [-0.15, -0.1) is 0 Å². The Kier molecular flexibility index (Phi) is 6.68. The number of piperidine rings is 1. The smallest absolute Gasteiger partial charge is 0.410 e. The lowest BCUT2D eigenvalue weighted by Crippen LogP contribution is -2.62. The maximum Gasteiger partial charge on any atom is 0.410 e. The quantitative estimate of drug-likeness (QED) is 0.716. The second-order valence-electron chi connectivity index (χ2n) is 7.97. The van der Waals surface area contributed by atoms with Gasteiger partial charge in [0.15, 0.2) is 0 Å². The van der Waals surface area contributed by atoms with E-state index in [9.17, 15) is 9.59 Å². The number of carbonyl (C=O) groups is 2. The van der Waals surface area contributed by atoms with Gasteiger partial charge in [-0.1, -0.05) is 0 Å². The SMILES string of the molecule is CCOC(=O)C1CN(C(=O)OC(C)(C)C)CCN1C1CCN(C)CC1. The third kappa shape index (κ3) is 5.57. The van der Waals surface area contributed by atoms with Crippen LogP contribution in [-0.2, 0) is 14.3 Å². The summed E-state index contributed by atoms with van der Waals surface area (Å²) < 4.78 is 10.8. The van der Waals surface area contributed by atoms with Crippen LogP contribution in [0.3, 0.4) is 0 Å². The number of ether oxygens (including phenoxy) is 2. The zero-order valence-electron chi connectivity index (χ0n) is 16.3. The number of hydrogen-bond donors (Lipinski definition) is 0. The Morgan fingerprint density at radius 3 is 2.28 bits per heavy atom. The van der Waals surface area contributed by atoms with Gasteiger partial charge in [-0.2, -0.15) is 0 Å². The molecule has 1 amide bonds. The molecule has 144 valence electrons. The number of esters is 1. The topological polar surface area (TPSA) is 62.3 Å². The number of rotatable bonds is 3. The molecule has 2 heterocycles. The molecule has 25 heavy (non-hydrogen) atoms.